The first-order valence-corrected chi connectivity index (χ1v) is 13.4. The molecule has 3 aromatic carbocycles. The molecule has 0 bridgehead atoms. The summed E-state index contributed by atoms with van der Waals surface area (Å²) in [6.45, 7) is 4.41. The van der Waals surface area contributed by atoms with Gasteiger partial charge in [-0.1, -0.05) is 66.4 Å². The molecule has 5 rings (SSSR count). The lowest BCUT2D eigenvalue weighted by molar-refractivity contribution is 0.182. The molecule has 32 heavy (non-hydrogen) atoms. The van der Waals surface area contributed by atoms with Crippen molar-refractivity contribution in [3.05, 3.63) is 90.0 Å². The van der Waals surface area contributed by atoms with Crippen LogP contribution >= 0.6 is 11.8 Å². The van der Waals surface area contributed by atoms with Gasteiger partial charge in [-0.05, 0) is 41.8 Å². The fourth-order valence-electron chi connectivity index (χ4n) is 4.31. The van der Waals surface area contributed by atoms with Crippen LogP contribution in [0, 0.1) is 0 Å². The van der Waals surface area contributed by atoms with E-state index in [4.69, 9.17) is 4.55 Å². The molecule has 1 fully saturated rings. The van der Waals surface area contributed by atoms with Gasteiger partial charge in [-0.2, -0.15) is 8.42 Å². The van der Waals surface area contributed by atoms with Crippen molar-refractivity contribution in [1.29, 1.82) is 0 Å². The Morgan fingerprint density at radius 1 is 0.812 bits per heavy atom. The SMILES string of the molecule is CS(=O)(=O)O.c1ccc(N2CCN(C3Cc4ccccc4Sc4ccccc43)CC2)cc1. The van der Waals surface area contributed by atoms with E-state index >= 15 is 0 Å². The summed E-state index contributed by atoms with van der Waals surface area (Å²) in [5.41, 5.74) is 4.32. The van der Waals surface area contributed by atoms with Gasteiger partial charge in [-0.3, -0.25) is 9.45 Å². The van der Waals surface area contributed by atoms with Crippen molar-refractivity contribution in [2.75, 3.05) is 37.3 Å². The summed E-state index contributed by atoms with van der Waals surface area (Å²) in [5, 5.41) is 0. The molecule has 1 N–H and O–H groups in total. The second kappa shape index (κ2) is 10.1. The lowest BCUT2D eigenvalue weighted by Gasteiger charge is -2.40. The summed E-state index contributed by atoms with van der Waals surface area (Å²) in [7, 11) is -3.67. The van der Waals surface area contributed by atoms with Crippen LogP contribution in [0.2, 0.25) is 0 Å². The van der Waals surface area contributed by atoms with Gasteiger partial charge in [-0.15, -0.1) is 0 Å². The number of piperazine rings is 1. The van der Waals surface area contributed by atoms with Gasteiger partial charge in [0.25, 0.3) is 10.1 Å². The van der Waals surface area contributed by atoms with Gasteiger partial charge in [0.1, 0.15) is 0 Å². The van der Waals surface area contributed by atoms with Crippen molar-refractivity contribution in [3.63, 3.8) is 0 Å². The lowest BCUT2D eigenvalue weighted by Crippen LogP contribution is -2.48. The molecule has 0 aromatic heterocycles. The predicted octanol–water partition coefficient (Wildman–Crippen LogP) is 4.76. The Balaban J connectivity index is 0.000000444. The maximum atomic E-state index is 9.19. The van der Waals surface area contributed by atoms with E-state index in [1.807, 2.05) is 11.8 Å². The van der Waals surface area contributed by atoms with Crippen LogP contribution in [0.5, 0.6) is 0 Å². The minimum Gasteiger partial charge on any atom is -0.369 e. The summed E-state index contributed by atoms with van der Waals surface area (Å²) < 4.78 is 25.9. The number of para-hydroxylation sites is 1. The highest BCUT2D eigenvalue weighted by molar-refractivity contribution is 7.99. The van der Waals surface area contributed by atoms with E-state index in [1.54, 1.807) is 0 Å². The Morgan fingerprint density at radius 2 is 1.38 bits per heavy atom. The Morgan fingerprint density at radius 3 is 2.06 bits per heavy atom. The molecule has 0 aliphatic carbocycles. The van der Waals surface area contributed by atoms with E-state index in [2.05, 4.69) is 88.7 Å². The van der Waals surface area contributed by atoms with Crippen LogP contribution in [0.15, 0.2) is 88.7 Å². The van der Waals surface area contributed by atoms with Gasteiger partial charge in [-0.25, -0.2) is 0 Å². The highest BCUT2D eigenvalue weighted by Crippen LogP contribution is 2.42. The maximum absolute atomic E-state index is 9.19. The second-order valence-electron chi connectivity index (χ2n) is 8.06. The van der Waals surface area contributed by atoms with Crippen LogP contribution in [0.4, 0.5) is 5.69 Å². The highest BCUT2D eigenvalue weighted by Gasteiger charge is 2.29. The van der Waals surface area contributed by atoms with Crippen LogP contribution in [-0.4, -0.2) is 50.3 Å². The minimum atomic E-state index is -3.67. The monoisotopic (exact) mass is 468 g/mol. The van der Waals surface area contributed by atoms with Crippen molar-refractivity contribution < 1.29 is 13.0 Å². The summed E-state index contributed by atoms with van der Waals surface area (Å²) >= 11 is 1.93. The number of nitrogens with zero attached hydrogens (tertiary/aromatic N) is 2. The summed E-state index contributed by atoms with van der Waals surface area (Å²) in [5.74, 6) is 0. The molecule has 0 saturated carbocycles. The number of fused-ring (bicyclic) bond motifs is 2. The normalized spacial score (nSPS) is 18.6. The largest absolute Gasteiger partial charge is 0.369 e. The molecule has 1 atom stereocenters. The van der Waals surface area contributed by atoms with Gasteiger partial charge >= 0.3 is 0 Å². The molecular formula is C25H28N2O3S2. The van der Waals surface area contributed by atoms with Gasteiger partial charge < -0.3 is 4.90 Å². The fourth-order valence-corrected chi connectivity index (χ4v) is 5.45. The number of anilines is 1. The molecule has 5 nitrogen and oxygen atoms in total. The number of benzene rings is 3. The van der Waals surface area contributed by atoms with Crippen LogP contribution in [-0.2, 0) is 16.5 Å². The van der Waals surface area contributed by atoms with E-state index in [0.717, 1.165) is 32.6 Å². The average Bonchev–Trinajstić information content (AvgIpc) is 2.95. The van der Waals surface area contributed by atoms with Crippen LogP contribution in [0.1, 0.15) is 17.2 Å². The molecule has 168 valence electrons. The van der Waals surface area contributed by atoms with Crippen LogP contribution in [0.3, 0.4) is 0 Å². The zero-order valence-corrected chi connectivity index (χ0v) is 19.7. The summed E-state index contributed by atoms with van der Waals surface area (Å²) in [6, 6.07) is 29.2. The Hall–Kier alpha value is -2.32. The standard InChI is InChI=1S/C24H24N2S.CH4O3S/c1-2-9-20(10-3-1)25-14-16-26(17-15-25)22-18-19-8-4-6-12-23(19)27-24-13-7-5-11-21(22)24;1-5(2,3)4/h1-13,22H,14-18H2;1H3,(H,2,3,4). The van der Waals surface area contributed by atoms with Gasteiger partial charge in [0.2, 0.25) is 0 Å². The third-order valence-electron chi connectivity index (χ3n) is 5.76. The van der Waals surface area contributed by atoms with Crippen LogP contribution in [0.25, 0.3) is 0 Å². The van der Waals surface area contributed by atoms with Crippen molar-refractivity contribution >= 4 is 27.6 Å². The molecule has 1 unspecified atom stereocenters. The van der Waals surface area contributed by atoms with E-state index in [9.17, 15) is 8.42 Å². The molecule has 2 heterocycles. The first kappa shape index (κ1) is 22.9. The summed E-state index contributed by atoms with van der Waals surface area (Å²) in [4.78, 5) is 8.04. The van der Waals surface area contributed by atoms with E-state index in [-0.39, 0.29) is 0 Å². The summed E-state index contributed by atoms with van der Waals surface area (Å²) in [6.07, 6.45) is 1.82. The smallest absolute Gasteiger partial charge is 0.261 e. The average molecular weight is 469 g/mol. The number of rotatable bonds is 2. The topological polar surface area (TPSA) is 60.9 Å². The number of hydrogen-bond acceptors (Lipinski definition) is 5. The van der Waals surface area contributed by atoms with Gasteiger partial charge in [0.05, 0.1) is 6.26 Å². The third kappa shape index (κ3) is 5.92. The zero-order valence-electron chi connectivity index (χ0n) is 18.1. The zero-order chi connectivity index (χ0) is 22.6. The van der Waals surface area contributed by atoms with Gasteiger partial charge in [0.15, 0.2) is 0 Å². The molecule has 3 aromatic rings. The van der Waals surface area contributed by atoms with Crippen molar-refractivity contribution in [1.82, 2.24) is 4.90 Å². The molecule has 2 aliphatic rings. The van der Waals surface area contributed by atoms with Crippen molar-refractivity contribution in [2.45, 2.75) is 22.3 Å². The fraction of sp³-hybridized carbons (Fsp3) is 0.280. The minimum absolute atomic E-state index is 0.468. The quantitative estimate of drug-likeness (QED) is 0.547. The second-order valence-corrected chi connectivity index (χ2v) is 10.6. The van der Waals surface area contributed by atoms with Gasteiger partial charge in [0, 0.05) is 47.7 Å². The molecule has 0 spiro atoms. The molecule has 2 aliphatic heterocycles. The van der Waals surface area contributed by atoms with Crippen LogP contribution < -0.4 is 4.90 Å². The Bertz CT molecular complexity index is 1140. The van der Waals surface area contributed by atoms with Crippen molar-refractivity contribution in [2.24, 2.45) is 0 Å². The Kier molecular flexibility index (Phi) is 7.20. The molecule has 1 saturated heterocycles. The Labute approximate surface area is 194 Å². The number of hydrogen-bond donors (Lipinski definition) is 1. The first-order valence-electron chi connectivity index (χ1n) is 10.7. The lowest BCUT2D eigenvalue weighted by atomic mass is 9.96. The highest BCUT2D eigenvalue weighted by atomic mass is 32.2. The molecule has 0 radical (unpaired) electrons. The molecular weight excluding hydrogens is 440 g/mol. The van der Waals surface area contributed by atoms with E-state index < -0.39 is 10.1 Å². The maximum Gasteiger partial charge on any atom is 0.261 e. The third-order valence-corrected chi connectivity index (χ3v) is 6.97. The van der Waals surface area contributed by atoms with E-state index in [0.29, 0.717) is 12.3 Å². The van der Waals surface area contributed by atoms with E-state index in [1.165, 1.54) is 26.6 Å². The molecule has 0 amide bonds. The van der Waals surface area contributed by atoms with Crippen molar-refractivity contribution in [3.8, 4) is 0 Å². The first-order chi connectivity index (χ1) is 15.4. The molecule has 7 heteroatoms. The predicted molar refractivity (Wildman–Crippen MR) is 131 cm³/mol.